The molecule has 0 unspecified atom stereocenters. The number of carbonyl (C=O) groups is 2. The van der Waals surface area contributed by atoms with Gasteiger partial charge in [-0.2, -0.15) is 0 Å². The van der Waals surface area contributed by atoms with Crippen LogP contribution < -0.4 is 5.73 Å². The number of nitrogens with two attached hydrogens (primary N) is 1. The zero-order valence-electron chi connectivity index (χ0n) is 16.6. The van der Waals surface area contributed by atoms with Crippen molar-refractivity contribution in [3.8, 4) is 0 Å². The van der Waals surface area contributed by atoms with E-state index in [-0.39, 0.29) is 36.4 Å². The molecule has 3 atom stereocenters. The van der Waals surface area contributed by atoms with Crippen LogP contribution in [0.3, 0.4) is 0 Å². The van der Waals surface area contributed by atoms with Crippen LogP contribution in [0.15, 0.2) is 18.2 Å². The number of methoxy groups -OCH3 is 1. The Bertz CT molecular complexity index is 686. The van der Waals surface area contributed by atoms with E-state index in [1.54, 1.807) is 12.0 Å². The third kappa shape index (κ3) is 4.68. The summed E-state index contributed by atoms with van der Waals surface area (Å²) in [7, 11) is 1.67. The summed E-state index contributed by atoms with van der Waals surface area (Å²) in [5.74, 6) is -0.00629. The highest BCUT2D eigenvalue weighted by atomic mass is 16.5. The van der Waals surface area contributed by atoms with E-state index in [9.17, 15) is 9.59 Å². The van der Waals surface area contributed by atoms with Crippen molar-refractivity contribution >= 4 is 11.8 Å². The number of amides is 2. The van der Waals surface area contributed by atoms with E-state index in [1.165, 1.54) is 11.1 Å². The second-order valence-electron chi connectivity index (χ2n) is 8.02. The third-order valence-corrected chi connectivity index (χ3v) is 5.77. The molecule has 1 saturated heterocycles. The van der Waals surface area contributed by atoms with Crippen LogP contribution in [-0.2, 0) is 20.9 Å². The van der Waals surface area contributed by atoms with Gasteiger partial charge in [0.1, 0.15) is 0 Å². The Hall–Kier alpha value is -1.92. The molecule has 1 saturated carbocycles. The Balaban J connectivity index is 1.56. The van der Waals surface area contributed by atoms with E-state index < -0.39 is 0 Å². The van der Waals surface area contributed by atoms with Gasteiger partial charge in [0, 0.05) is 38.7 Å². The van der Waals surface area contributed by atoms with E-state index >= 15 is 0 Å². The Labute approximate surface area is 161 Å². The summed E-state index contributed by atoms with van der Waals surface area (Å²) in [6.07, 6.45) is 2.25. The third-order valence-electron chi connectivity index (χ3n) is 5.77. The summed E-state index contributed by atoms with van der Waals surface area (Å²) in [6.45, 7) is 6.08. The quantitative estimate of drug-likeness (QED) is 0.870. The monoisotopic (exact) mass is 373 g/mol. The first-order chi connectivity index (χ1) is 12.9. The number of nitrogens with zero attached hydrogens (tertiary/aromatic N) is 2. The van der Waals surface area contributed by atoms with Gasteiger partial charge in [-0.25, -0.2) is 0 Å². The standard InChI is InChI=1S/C21H31N3O3/c1-14-8-15(2)10-16(9-14)12-23-6-7-24(13-20(23)25)21(26)17-4-5-19(27-3)18(22)11-17/h8-10,17-19H,4-7,11-13,22H2,1-3H3/t17-,18+,19+/m0/s1. The molecule has 3 rings (SSSR count). The van der Waals surface area contributed by atoms with Crippen molar-refractivity contribution in [1.82, 2.24) is 9.80 Å². The zero-order chi connectivity index (χ0) is 19.6. The number of aryl methyl sites for hydroxylation is 2. The summed E-state index contributed by atoms with van der Waals surface area (Å²) in [6, 6.07) is 6.26. The molecular formula is C21H31N3O3. The van der Waals surface area contributed by atoms with Crippen molar-refractivity contribution in [3.63, 3.8) is 0 Å². The molecule has 0 aromatic heterocycles. The summed E-state index contributed by atoms with van der Waals surface area (Å²) in [5.41, 5.74) is 9.69. The van der Waals surface area contributed by atoms with E-state index in [1.807, 2.05) is 4.90 Å². The molecule has 0 bridgehead atoms. The Kier molecular flexibility index (Phi) is 6.17. The molecule has 1 aliphatic heterocycles. The lowest BCUT2D eigenvalue weighted by atomic mass is 9.83. The SMILES string of the molecule is CO[C@@H]1CC[C@H](C(=O)N2CCN(Cc3cc(C)cc(C)c3)C(=O)C2)C[C@H]1N. The average molecular weight is 373 g/mol. The van der Waals surface area contributed by atoms with E-state index in [2.05, 4.69) is 32.0 Å². The summed E-state index contributed by atoms with van der Waals surface area (Å²) in [5, 5.41) is 0. The van der Waals surface area contributed by atoms with Crippen molar-refractivity contribution in [1.29, 1.82) is 0 Å². The Morgan fingerprint density at radius 2 is 1.89 bits per heavy atom. The fourth-order valence-corrected chi connectivity index (χ4v) is 4.40. The van der Waals surface area contributed by atoms with Crippen LogP contribution in [0.4, 0.5) is 0 Å². The van der Waals surface area contributed by atoms with Gasteiger partial charge in [0.15, 0.2) is 0 Å². The molecule has 27 heavy (non-hydrogen) atoms. The number of piperazine rings is 1. The van der Waals surface area contributed by atoms with Crippen molar-refractivity contribution in [2.24, 2.45) is 11.7 Å². The fraction of sp³-hybridized carbons (Fsp3) is 0.619. The van der Waals surface area contributed by atoms with Crippen LogP contribution in [0.25, 0.3) is 0 Å². The molecule has 0 radical (unpaired) electrons. The zero-order valence-corrected chi connectivity index (χ0v) is 16.6. The number of carbonyl (C=O) groups excluding carboxylic acids is 2. The molecule has 1 heterocycles. The molecule has 2 amide bonds. The Morgan fingerprint density at radius 1 is 1.19 bits per heavy atom. The average Bonchev–Trinajstić information content (AvgIpc) is 2.62. The van der Waals surface area contributed by atoms with Gasteiger partial charge in [0.2, 0.25) is 11.8 Å². The molecule has 1 aromatic carbocycles. The minimum absolute atomic E-state index is 0.0173. The maximum absolute atomic E-state index is 12.9. The number of hydrogen-bond acceptors (Lipinski definition) is 4. The molecule has 2 aliphatic rings. The van der Waals surface area contributed by atoms with Gasteiger partial charge in [0.05, 0.1) is 12.6 Å². The minimum atomic E-state index is -0.112. The largest absolute Gasteiger partial charge is 0.380 e. The lowest BCUT2D eigenvalue weighted by Gasteiger charge is -2.38. The molecule has 6 nitrogen and oxygen atoms in total. The first kappa shape index (κ1) is 19.8. The van der Waals surface area contributed by atoms with E-state index in [0.29, 0.717) is 26.1 Å². The van der Waals surface area contributed by atoms with Crippen LogP contribution in [0.5, 0.6) is 0 Å². The van der Waals surface area contributed by atoms with E-state index in [0.717, 1.165) is 18.4 Å². The van der Waals surface area contributed by atoms with Gasteiger partial charge in [-0.3, -0.25) is 9.59 Å². The van der Waals surface area contributed by atoms with Gasteiger partial charge in [-0.15, -0.1) is 0 Å². The molecule has 148 valence electrons. The van der Waals surface area contributed by atoms with Crippen LogP contribution >= 0.6 is 0 Å². The maximum Gasteiger partial charge on any atom is 0.242 e. The van der Waals surface area contributed by atoms with Gasteiger partial charge in [-0.1, -0.05) is 29.3 Å². The highest BCUT2D eigenvalue weighted by Gasteiger charge is 2.36. The molecular weight excluding hydrogens is 342 g/mol. The van der Waals surface area contributed by atoms with Crippen LogP contribution in [0.1, 0.15) is 36.0 Å². The van der Waals surface area contributed by atoms with Crippen molar-refractivity contribution in [3.05, 3.63) is 34.9 Å². The highest BCUT2D eigenvalue weighted by Crippen LogP contribution is 2.27. The minimum Gasteiger partial charge on any atom is -0.380 e. The second-order valence-corrected chi connectivity index (χ2v) is 8.02. The normalized spacial score (nSPS) is 26.4. The number of rotatable bonds is 4. The number of hydrogen-bond donors (Lipinski definition) is 1. The second kappa shape index (κ2) is 8.40. The first-order valence-corrected chi connectivity index (χ1v) is 9.79. The van der Waals surface area contributed by atoms with Gasteiger partial charge < -0.3 is 20.3 Å². The van der Waals surface area contributed by atoms with Crippen molar-refractivity contribution in [2.75, 3.05) is 26.7 Å². The molecule has 2 fully saturated rings. The highest BCUT2D eigenvalue weighted by molar-refractivity contribution is 5.87. The van der Waals surface area contributed by atoms with Crippen LogP contribution in [0.2, 0.25) is 0 Å². The first-order valence-electron chi connectivity index (χ1n) is 9.79. The number of ether oxygens (including phenoxy) is 1. The predicted octanol–water partition coefficient (Wildman–Crippen LogP) is 1.62. The molecule has 2 N–H and O–H groups in total. The Morgan fingerprint density at radius 3 is 2.48 bits per heavy atom. The summed E-state index contributed by atoms with van der Waals surface area (Å²) < 4.78 is 5.37. The van der Waals surface area contributed by atoms with Crippen molar-refractivity contribution < 1.29 is 14.3 Å². The van der Waals surface area contributed by atoms with Gasteiger partial charge >= 0.3 is 0 Å². The predicted molar refractivity (Wildman–Crippen MR) is 104 cm³/mol. The molecule has 6 heteroatoms. The lowest BCUT2D eigenvalue weighted by Crippen LogP contribution is -2.54. The van der Waals surface area contributed by atoms with Gasteiger partial charge in [0.25, 0.3) is 0 Å². The smallest absolute Gasteiger partial charge is 0.242 e. The van der Waals surface area contributed by atoms with Crippen LogP contribution in [0, 0.1) is 19.8 Å². The van der Waals surface area contributed by atoms with Crippen LogP contribution in [-0.4, -0.2) is 60.5 Å². The number of benzene rings is 1. The maximum atomic E-state index is 12.9. The topological polar surface area (TPSA) is 75.9 Å². The summed E-state index contributed by atoms with van der Waals surface area (Å²) in [4.78, 5) is 29.0. The van der Waals surface area contributed by atoms with Gasteiger partial charge in [-0.05, 0) is 38.7 Å². The molecule has 1 aliphatic carbocycles. The summed E-state index contributed by atoms with van der Waals surface area (Å²) >= 11 is 0. The lowest BCUT2D eigenvalue weighted by molar-refractivity contribution is -0.149. The molecule has 0 spiro atoms. The molecule has 1 aromatic rings. The fourth-order valence-electron chi connectivity index (χ4n) is 4.40. The van der Waals surface area contributed by atoms with E-state index in [4.69, 9.17) is 10.5 Å². The van der Waals surface area contributed by atoms with Crippen molar-refractivity contribution in [2.45, 2.75) is 51.8 Å².